The predicted molar refractivity (Wildman–Crippen MR) is 83.9 cm³/mol. The van der Waals surface area contributed by atoms with Crippen molar-refractivity contribution in [3.8, 4) is 5.75 Å². The molecule has 0 aliphatic heterocycles. The molecule has 0 fully saturated rings. The molecule has 20 heavy (non-hydrogen) atoms. The molecule has 4 heteroatoms. The number of benzene rings is 2. The fourth-order valence-electron chi connectivity index (χ4n) is 1.77. The van der Waals surface area contributed by atoms with E-state index in [-0.39, 0.29) is 0 Å². The molecule has 0 spiro atoms. The molecule has 0 aromatic heterocycles. The fraction of sp³-hybridized carbons (Fsp3) is 0.250. The zero-order valence-corrected chi connectivity index (χ0v) is 11.7. The third-order valence-electron chi connectivity index (χ3n) is 2.73. The molecule has 103 valence electrons. The lowest BCUT2D eigenvalue weighted by molar-refractivity contribution is 0.340. The summed E-state index contributed by atoms with van der Waals surface area (Å²) in [7, 11) is 1.77. The van der Waals surface area contributed by atoms with Crippen molar-refractivity contribution in [2.45, 2.75) is 6.92 Å². The molecule has 2 rings (SSSR count). The van der Waals surface area contributed by atoms with Crippen LogP contribution in [0.15, 0.2) is 54.6 Å². The van der Waals surface area contributed by atoms with Crippen LogP contribution in [0, 0.1) is 0 Å². The van der Waals surface area contributed by atoms with Gasteiger partial charge in [0.2, 0.25) is 0 Å². The van der Waals surface area contributed by atoms with Crippen molar-refractivity contribution in [1.29, 1.82) is 0 Å². The Balaban J connectivity index is 1.63. The molecule has 0 heterocycles. The topological polar surface area (TPSA) is 30.5 Å². The largest absolute Gasteiger partial charge is 0.494 e. The van der Waals surface area contributed by atoms with Gasteiger partial charge < -0.3 is 14.7 Å². The van der Waals surface area contributed by atoms with Crippen LogP contribution < -0.4 is 15.5 Å². The Morgan fingerprint density at radius 1 is 1.00 bits per heavy atom. The van der Waals surface area contributed by atoms with Gasteiger partial charge in [-0.05, 0) is 31.2 Å². The average Bonchev–Trinajstić information content (AvgIpc) is 2.50. The maximum absolute atomic E-state index is 5.51. The molecule has 3 nitrogen and oxygen atoms in total. The summed E-state index contributed by atoms with van der Waals surface area (Å²) in [4.78, 5) is 0. The third-order valence-corrected chi connectivity index (χ3v) is 2.73. The fourth-order valence-corrected chi connectivity index (χ4v) is 1.77. The number of para-hydroxylation sites is 1. The summed E-state index contributed by atoms with van der Waals surface area (Å²) < 4.78 is 10.9. The van der Waals surface area contributed by atoms with Crippen LogP contribution in [0.1, 0.15) is 6.92 Å². The number of rotatable bonds is 8. The quantitative estimate of drug-likeness (QED) is 0.589. The Bertz CT molecular complexity index is 488. The highest BCUT2D eigenvalue weighted by Crippen LogP contribution is 2.06. The summed E-state index contributed by atoms with van der Waals surface area (Å²) in [6.45, 7) is 4.06. The normalized spacial score (nSPS) is 10.1. The van der Waals surface area contributed by atoms with Gasteiger partial charge in [0.25, 0.3) is 0 Å². The predicted octanol–water partition coefficient (Wildman–Crippen LogP) is 2.46. The van der Waals surface area contributed by atoms with Crippen molar-refractivity contribution in [2.75, 3.05) is 25.1 Å². The minimum Gasteiger partial charge on any atom is -0.494 e. The van der Waals surface area contributed by atoms with Gasteiger partial charge in [0.15, 0.2) is 0 Å². The first-order valence-electron chi connectivity index (χ1n) is 6.85. The number of hydrogen-bond acceptors (Lipinski definition) is 3. The minimum absolute atomic E-state index is 0.627. The molecule has 2 aromatic rings. The van der Waals surface area contributed by atoms with Gasteiger partial charge in [-0.1, -0.05) is 35.8 Å². The van der Waals surface area contributed by atoms with E-state index < -0.39 is 0 Å². The van der Waals surface area contributed by atoms with Crippen molar-refractivity contribution in [2.24, 2.45) is 0 Å². The zero-order valence-electron chi connectivity index (χ0n) is 11.7. The van der Waals surface area contributed by atoms with E-state index in [2.05, 4.69) is 5.32 Å². The van der Waals surface area contributed by atoms with Gasteiger partial charge in [0.05, 0.1) is 6.61 Å². The Hall–Kier alpha value is -1.94. The van der Waals surface area contributed by atoms with E-state index in [0.29, 0.717) is 13.2 Å². The minimum atomic E-state index is 0.627. The van der Waals surface area contributed by atoms with Gasteiger partial charge in [-0.25, -0.2) is 0 Å². The maximum atomic E-state index is 5.51. The van der Waals surface area contributed by atoms with Crippen LogP contribution in [0.5, 0.6) is 5.75 Å². The second kappa shape index (κ2) is 8.28. The third kappa shape index (κ3) is 4.98. The second-order valence-corrected chi connectivity index (χ2v) is 4.28. The molecule has 1 radical (unpaired) electrons. The van der Waals surface area contributed by atoms with Crippen LogP contribution in [0.25, 0.3) is 0 Å². The molecule has 0 unspecified atom stereocenters. The molecule has 0 aliphatic carbocycles. The molecule has 1 N–H and O–H groups in total. The van der Waals surface area contributed by atoms with E-state index in [0.717, 1.165) is 23.4 Å². The summed E-state index contributed by atoms with van der Waals surface area (Å²) >= 11 is 0. The monoisotopic (exact) mass is 268 g/mol. The lowest BCUT2D eigenvalue weighted by Gasteiger charge is -2.07. The van der Waals surface area contributed by atoms with Gasteiger partial charge in [0, 0.05) is 18.8 Å². The van der Waals surface area contributed by atoms with E-state index in [1.54, 1.807) is 7.48 Å². The molecule has 0 amide bonds. The van der Waals surface area contributed by atoms with E-state index in [4.69, 9.17) is 9.39 Å². The Morgan fingerprint density at radius 2 is 1.75 bits per heavy atom. The highest BCUT2D eigenvalue weighted by Gasteiger charge is 1.98. The Morgan fingerprint density at radius 3 is 2.45 bits per heavy atom. The van der Waals surface area contributed by atoms with Crippen LogP contribution >= 0.6 is 0 Å². The Kier molecular flexibility index (Phi) is 5.99. The number of ether oxygens (including phenoxy) is 1. The molecule has 0 aliphatic rings. The SMILES string of the molecule is CCOc1ccc([B]OCCNc2ccccc2)cc1. The first kappa shape index (κ1) is 14.5. The molecule has 0 bridgehead atoms. The number of nitrogens with one attached hydrogen (secondary N) is 1. The van der Waals surface area contributed by atoms with E-state index >= 15 is 0 Å². The van der Waals surface area contributed by atoms with Gasteiger partial charge >= 0.3 is 7.48 Å². The summed E-state index contributed by atoms with van der Waals surface area (Å²) in [6, 6.07) is 17.9. The zero-order chi connectivity index (χ0) is 14.0. The first-order valence-corrected chi connectivity index (χ1v) is 6.85. The average molecular weight is 268 g/mol. The van der Waals surface area contributed by atoms with E-state index in [1.165, 1.54) is 0 Å². The van der Waals surface area contributed by atoms with Crippen LogP contribution in [-0.2, 0) is 4.65 Å². The molecule has 0 saturated carbocycles. The number of hydrogen-bond donors (Lipinski definition) is 1. The first-order chi connectivity index (χ1) is 9.88. The van der Waals surface area contributed by atoms with Crippen LogP contribution in [0.3, 0.4) is 0 Å². The van der Waals surface area contributed by atoms with Crippen molar-refractivity contribution in [3.05, 3.63) is 54.6 Å². The Labute approximate surface area is 121 Å². The van der Waals surface area contributed by atoms with E-state index in [1.807, 2.05) is 61.5 Å². The lowest BCUT2D eigenvalue weighted by Crippen LogP contribution is -2.20. The molecule has 0 atom stereocenters. The van der Waals surface area contributed by atoms with Crippen LogP contribution in [0.4, 0.5) is 5.69 Å². The smallest absolute Gasteiger partial charge is 0.330 e. The highest BCUT2D eigenvalue weighted by molar-refractivity contribution is 6.46. The van der Waals surface area contributed by atoms with Gasteiger partial charge in [0.1, 0.15) is 5.75 Å². The highest BCUT2D eigenvalue weighted by atomic mass is 16.5. The molecular weight excluding hydrogens is 249 g/mol. The maximum Gasteiger partial charge on any atom is 0.330 e. The van der Waals surface area contributed by atoms with Crippen molar-refractivity contribution in [1.82, 2.24) is 0 Å². The number of anilines is 1. The van der Waals surface area contributed by atoms with Crippen LogP contribution in [-0.4, -0.2) is 27.2 Å². The summed E-state index contributed by atoms with van der Waals surface area (Å²) in [5, 5.41) is 3.29. The molecule has 2 aromatic carbocycles. The van der Waals surface area contributed by atoms with Crippen molar-refractivity contribution < 1.29 is 9.39 Å². The van der Waals surface area contributed by atoms with Gasteiger partial charge in [-0.3, -0.25) is 0 Å². The van der Waals surface area contributed by atoms with Crippen LogP contribution in [0.2, 0.25) is 0 Å². The van der Waals surface area contributed by atoms with Crippen molar-refractivity contribution >= 4 is 18.6 Å². The van der Waals surface area contributed by atoms with Crippen molar-refractivity contribution in [3.63, 3.8) is 0 Å². The molecular formula is C16H19BNO2. The van der Waals surface area contributed by atoms with Gasteiger partial charge in [-0.2, -0.15) is 0 Å². The summed E-state index contributed by atoms with van der Waals surface area (Å²) in [5.41, 5.74) is 2.14. The lowest BCUT2D eigenvalue weighted by atomic mass is 9.88. The standard InChI is InChI=1S/C16H19BNO2/c1-2-19-16-10-8-14(9-11-16)17-20-13-12-18-15-6-4-3-5-7-15/h3-11,18H,2,12-13H2,1H3. The summed E-state index contributed by atoms with van der Waals surface area (Å²) in [6.07, 6.45) is 0. The molecule has 0 saturated heterocycles. The van der Waals surface area contributed by atoms with E-state index in [9.17, 15) is 0 Å². The summed E-state index contributed by atoms with van der Waals surface area (Å²) in [5.74, 6) is 0.885. The van der Waals surface area contributed by atoms with Gasteiger partial charge in [-0.15, -0.1) is 0 Å². The second-order valence-electron chi connectivity index (χ2n) is 4.28.